The highest BCUT2D eigenvalue weighted by atomic mass is 127. The number of benzene rings is 1. The van der Waals surface area contributed by atoms with E-state index in [4.69, 9.17) is 16.6 Å². The van der Waals surface area contributed by atoms with E-state index in [1.54, 1.807) is 0 Å². The minimum Gasteiger partial charge on any atom is -0.357 e. The normalized spacial score (nSPS) is 16.4. The molecule has 1 fully saturated rings. The van der Waals surface area contributed by atoms with Crippen LogP contribution >= 0.6 is 35.6 Å². The quantitative estimate of drug-likeness (QED) is 0.380. The van der Waals surface area contributed by atoms with E-state index in [1.165, 1.54) is 37.9 Å². The SMILES string of the molecule is CCNC(=NCCC1CCN(C)CC1)N(C)Cc1cccc(Cl)c1.I. The molecule has 0 spiro atoms. The van der Waals surface area contributed by atoms with Gasteiger partial charge in [0.2, 0.25) is 0 Å². The smallest absolute Gasteiger partial charge is 0.193 e. The Labute approximate surface area is 175 Å². The Morgan fingerprint density at radius 2 is 2.08 bits per heavy atom. The molecule has 142 valence electrons. The van der Waals surface area contributed by atoms with Gasteiger partial charge in [-0.15, -0.1) is 24.0 Å². The van der Waals surface area contributed by atoms with Gasteiger partial charge in [-0.3, -0.25) is 4.99 Å². The summed E-state index contributed by atoms with van der Waals surface area (Å²) >= 11 is 6.08. The molecule has 1 aliphatic rings. The van der Waals surface area contributed by atoms with Crippen molar-refractivity contribution in [2.24, 2.45) is 10.9 Å². The van der Waals surface area contributed by atoms with E-state index in [0.29, 0.717) is 0 Å². The van der Waals surface area contributed by atoms with Gasteiger partial charge >= 0.3 is 0 Å². The minimum atomic E-state index is 0. The molecule has 0 saturated carbocycles. The summed E-state index contributed by atoms with van der Waals surface area (Å²) in [6.07, 6.45) is 3.80. The first-order valence-corrected chi connectivity index (χ1v) is 9.38. The molecule has 4 nitrogen and oxygen atoms in total. The van der Waals surface area contributed by atoms with Crippen LogP contribution in [0.2, 0.25) is 5.02 Å². The van der Waals surface area contributed by atoms with Gasteiger partial charge in [0.15, 0.2) is 5.96 Å². The Bertz CT molecular complexity index is 530. The fraction of sp³-hybridized carbons (Fsp3) is 0.632. The van der Waals surface area contributed by atoms with Crippen molar-refractivity contribution < 1.29 is 0 Å². The van der Waals surface area contributed by atoms with Crippen LogP contribution in [0.1, 0.15) is 31.7 Å². The van der Waals surface area contributed by atoms with Crippen LogP contribution in [0.25, 0.3) is 0 Å². The van der Waals surface area contributed by atoms with E-state index in [0.717, 1.165) is 36.5 Å². The van der Waals surface area contributed by atoms with Crippen LogP contribution < -0.4 is 5.32 Å². The lowest BCUT2D eigenvalue weighted by molar-refractivity contribution is 0.214. The maximum Gasteiger partial charge on any atom is 0.193 e. The van der Waals surface area contributed by atoms with Gasteiger partial charge in [0, 0.05) is 31.7 Å². The Morgan fingerprint density at radius 1 is 1.36 bits per heavy atom. The first-order chi connectivity index (χ1) is 11.6. The number of hydrogen-bond donors (Lipinski definition) is 1. The van der Waals surface area contributed by atoms with Gasteiger partial charge < -0.3 is 15.1 Å². The van der Waals surface area contributed by atoms with Crippen molar-refractivity contribution in [2.75, 3.05) is 40.3 Å². The summed E-state index contributed by atoms with van der Waals surface area (Å²) in [7, 11) is 4.29. The molecule has 1 aromatic carbocycles. The van der Waals surface area contributed by atoms with E-state index in [-0.39, 0.29) is 24.0 Å². The molecule has 1 heterocycles. The first-order valence-electron chi connectivity index (χ1n) is 9.01. The molecule has 1 aromatic rings. The van der Waals surface area contributed by atoms with E-state index >= 15 is 0 Å². The molecule has 0 aliphatic carbocycles. The Balaban J connectivity index is 0.00000312. The predicted octanol–water partition coefficient (Wildman–Crippen LogP) is 4.09. The van der Waals surface area contributed by atoms with Crippen LogP contribution in [-0.4, -0.2) is 56.0 Å². The van der Waals surface area contributed by atoms with Crippen molar-refractivity contribution in [1.82, 2.24) is 15.1 Å². The van der Waals surface area contributed by atoms with Crippen LogP contribution in [0.4, 0.5) is 0 Å². The summed E-state index contributed by atoms with van der Waals surface area (Å²) in [5.41, 5.74) is 1.20. The second-order valence-electron chi connectivity index (χ2n) is 6.76. The largest absolute Gasteiger partial charge is 0.357 e. The zero-order chi connectivity index (χ0) is 17.4. The molecule has 6 heteroatoms. The van der Waals surface area contributed by atoms with Crippen LogP contribution in [0.15, 0.2) is 29.3 Å². The summed E-state index contributed by atoms with van der Waals surface area (Å²) in [5.74, 6) is 1.80. The molecule has 1 N–H and O–H groups in total. The fourth-order valence-electron chi connectivity index (χ4n) is 3.16. The first kappa shape index (κ1) is 22.5. The van der Waals surface area contributed by atoms with E-state index in [1.807, 2.05) is 18.2 Å². The topological polar surface area (TPSA) is 30.9 Å². The third-order valence-corrected chi connectivity index (χ3v) is 4.88. The van der Waals surface area contributed by atoms with Crippen molar-refractivity contribution in [3.8, 4) is 0 Å². The Morgan fingerprint density at radius 3 is 2.72 bits per heavy atom. The summed E-state index contributed by atoms with van der Waals surface area (Å²) in [5, 5.41) is 4.18. The molecule has 0 atom stereocenters. The van der Waals surface area contributed by atoms with Gasteiger partial charge in [-0.25, -0.2) is 0 Å². The number of piperidine rings is 1. The number of hydrogen-bond acceptors (Lipinski definition) is 2. The predicted molar refractivity (Wildman–Crippen MR) is 119 cm³/mol. The number of aliphatic imine (C=N–C) groups is 1. The zero-order valence-corrected chi connectivity index (χ0v) is 18.8. The minimum absolute atomic E-state index is 0. The second kappa shape index (κ2) is 12.0. The van der Waals surface area contributed by atoms with E-state index < -0.39 is 0 Å². The van der Waals surface area contributed by atoms with Crippen LogP contribution in [0.3, 0.4) is 0 Å². The molecule has 1 saturated heterocycles. The average molecular weight is 479 g/mol. The lowest BCUT2D eigenvalue weighted by Crippen LogP contribution is -2.38. The number of rotatable bonds is 6. The Hall–Kier alpha value is -0.530. The molecular formula is C19H32ClIN4. The van der Waals surface area contributed by atoms with Gasteiger partial charge in [0.25, 0.3) is 0 Å². The fourth-order valence-corrected chi connectivity index (χ4v) is 3.37. The van der Waals surface area contributed by atoms with E-state index in [9.17, 15) is 0 Å². The molecule has 1 aliphatic heterocycles. The van der Waals surface area contributed by atoms with Gasteiger partial charge in [-0.05, 0) is 69.9 Å². The molecule has 0 aromatic heterocycles. The number of nitrogens with one attached hydrogen (secondary N) is 1. The zero-order valence-electron chi connectivity index (χ0n) is 15.7. The van der Waals surface area contributed by atoms with Gasteiger partial charge in [-0.2, -0.15) is 0 Å². The van der Waals surface area contributed by atoms with Crippen molar-refractivity contribution in [1.29, 1.82) is 0 Å². The summed E-state index contributed by atoms with van der Waals surface area (Å²) in [6.45, 7) is 7.15. The third kappa shape index (κ3) is 8.13. The summed E-state index contributed by atoms with van der Waals surface area (Å²) in [6, 6.07) is 8.02. The van der Waals surface area contributed by atoms with Crippen LogP contribution in [0, 0.1) is 5.92 Å². The highest BCUT2D eigenvalue weighted by molar-refractivity contribution is 14.0. The van der Waals surface area contributed by atoms with Crippen molar-refractivity contribution >= 4 is 41.5 Å². The molecule has 2 rings (SSSR count). The van der Waals surface area contributed by atoms with Gasteiger partial charge in [-0.1, -0.05) is 23.7 Å². The Kier molecular flexibility index (Phi) is 10.8. The average Bonchev–Trinajstić information content (AvgIpc) is 2.56. The second-order valence-corrected chi connectivity index (χ2v) is 7.19. The number of nitrogens with zero attached hydrogens (tertiary/aromatic N) is 3. The monoisotopic (exact) mass is 478 g/mol. The van der Waals surface area contributed by atoms with Crippen molar-refractivity contribution in [3.63, 3.8) is 0 Å². The van der Waals surface area contributed by atoms with Gasteiger partial charge in [0.1, 0.15) is 0 Å². The van der Waals surface area contributed by atoms with Gasteiger partial charge in [0.05, 0.1) is 0 Å². The van der Waals surface area contributed by atoms with Crippen LogP contribution in [0.5, 0.6) is 0 Å². The molecule has 0 bridgehead atoms. The molecule has 0 unspecified atom stereocenters. The molecule has 0 amide bonds. The lowest BCUT2D eigenvalue weighted by Gasteiger charge is -2.28. The highest BCUT2D eigenvalue weighted by Gasteiger charge is 2.16. The number of halogens is 2. The number of likely N-dealkylation sites (tertiary alicyclic amines) is 1. The maximum atomic E-state index is 6.08. The molecule has 25 heavy (non-hydrogen) atoms. The third-order valence-electron chi connectivity index (χ3n) is 4.64. The maximum absolute atomic E-state index is 6.08. The molecule has 0 radical (unpaired) electrons. The summed E-state index contributed by atoms with van der Waals surface area (Å²) < 4.78 is 0. The van der Waals surface area contributed by atoms with Crippen LogP contribution in [-0.2, 0) is 6.54 Å². The standard InChI is InChI=1S/C19H31ClN4.HI/c1-4-21-19(22-11-8-16-9-12-23(2)13-10-16)24(3)15-17-6-5-7-18(20)14-17;/h5-7,14,16H,4,8-13,15H2,1-3H3,(H,21,22);1H. The van der Waals surface area contributed by atoms with E-state index in [2.05, 4.69) is 42.2 Å². The lowest BCUT2D eigenvalue weighted by atomic mass is 9.94. The van der Waals surface area contributed by atoms with Crippen molar-refractivity contribution in [2.45, 2.75) is 32.7 Å². The van der Waals surface area contributed by atoms with Crippen molar-refractivity contribution in [3.05, 3.63) is 34.9 Å². The summed E-state index contributed by atoms with van der Waals surface area (Å²) in [4.78, 5) is 9.42. The number of guanidine groups is 1. The highest BCUT2D eigenvalue weighted by Crippen LogP contribution is 2.19. The molecular weight excluding hydrogens is 447 g/mol.